The van der Waals surface area contributed by atoms with Crippen molar-refractivity contribution in [3.8, 4) is 11.1 Å². The van der Waals surface area contributed by atoms with Crippen molar-refractivity contribution in [3.63, 3.8) is 0 Å². The molecule has 25 heavy (non-hydrogen) atoms. The molecule has 1 N–H and O–H groups in total. The average molecular weight is 346 g/mol. The molecule has 0 spiro atoms. The number of pyridine rings is 2. The SMILES string of the molecule is Cc1cnc(Nc2ccc3ncc(-c4ccc(C)c(C)c4)cc3n2)s1. The van der Waals surface area contributed by atoms with Crippen molar-refractivity contribution < 1.29 is 0 Å². The first-order chi connectivity index (χ1) is 12.1. The lowest BCUT2D eigenvalue weighted by Crippen LogP contribution is -1.94. The van der Waals surface area contributed by atoms with Crippen LogP contribution in [0.2, 0.25) is 0 Å². The van der Waals surface area contributed by atoms with Gasteiger partial charge in [-0.15, -0.1) is 11.3 Å². The van der Waals surface area contributed by atoms with Gasteiger partial charge in [-0.05, 0) is 55.7 Å². The number of nitrogens with zero attached hydrogens (tertiary/aromatic N) is 3. The third-order valence-electron chi connectivity index (χ3n) is 4.23. The minimum Gasteiger partial charge on any atom is -0.316 e. The van der Waals surface area contributed by atoms with Crippen molar-refractivity contribution in [2.75, 3.05) is 5.32 Å². The lowest BCUT2D eigenvalue weighted by molar-refractivity contribution is 1.30. The minimum absolute atomic E-state index is 0.779. The largest absolute Gasteiger partial charge is 0.316 e. The van der Waals surface area contributed by atoms with Gasteiger partial charge in [-0.2, -0.15) is 0 Å². The van der Waals surface area contributed by atoms with Crippen molar-refractivity contribution in [2.45, 2.75) is 20.8 Å². The number of anilines is 2. The zero-order valence-corrected chi connectivity index (χ0v) is 15.2. The van der Waals surface area contributed by atoms with E-state index < -0.39 is 0 Å². The van der Waals surface area contributed by atoms with E-state index in [2.05, 4.69) is 53.4 Å². The molecule has 0 aliphatic rings. The van der Waals surface area contributed by atoms with Gasteiger partial charge in [0, 0.05) is 22.8 Å². The van der Waals surface area contributed by atoms with E-state index in [1.807, 2.05) is 31.5 Å². The van der Waals surface area contributed by atoms with E-state index in [1.165, 1.54) is 16.0 Å². The Hall–Kier alpha value is -2.79. The second-order valence-electron chi connectivity index (χ2n) is 6.16. The molecule has 0 radical (unpaired) electrons. The minimum atomic E-state index is 0.779. The van der Waals surface area contributed by atoms with Crippen LogP contribution < -0.4 is 5.32 Å². The van der Waals surface area contributed by atoms with Crippen LogP contribution in [0.1, 0.15) is 16.0 Å². The molecule has 3 aromatic heterocycles. The van der Waals surface area contributed by atoms with Crippen LogP contribution in [0, 0.1) is 20.8 Å². The smallest absolute Gasteiger partial charge is 0.188 e. The molecule has 0 atom stereocenters. The molecule has 0 amide bonds. The quantitative estimate of drug-likeness (QED) is 0.538. The Morgan fingerprint density at radius 1 is 0.800 bits per heavy atom. The molecule has 3 heterocycles. The van der Waals surface area contributed by atoms with Crippen molar-refractivity contribution >= 4 is 33.3 Å². The van der Waals surface area contributed by atoms with Gasteiger partial charge < -0.3 is 5.32 Å². The highest BCUT2D eigenvalue weighted by Gasteiger charge is 2.06. The van der Waals surface area contributed by atoms with Gasteiger partial charge in [0.15, 0.2) is 5.13 Å². The molecule has 0 unspecified atom stereocenters. The molecule has 1 aromatic carbocycles. The summed E-state index contributed by atoms with van der Waals surface area (Å²) in [7, 11) is 0. The fourth-order valence-electron chi connectivity index (χ4n) is 2.68. The van der Waals surface area contributed by atoms with Crippen LogP contribution in [0.3, 0.4) is 0 Å². The van der Waals surface area contributed by atoms with Gasteiger partial charge in [-0.1, -0.05) is 18.2 Å². The number of rotatable bonds is 3. The van der Waals surface area contributed by atoms with Crippen molar-refractivity contribution in [3.05, 3.63) is 64.8 Å². The summed E-state index contributed by atoms with van der Waals surface area (Å²) in [6.45, 7) is 6.29. The van der Waals surface area contributed by atoms with E-state index >= 15 is 0 Å². The average Bonchev–Trinajstić information content (AvgIpc) is 3.01. The number of benzene rings is 1. The molecular formula is C20H18N4S. The van der Waals surface area contributed by atoms with Crippen molar-refractivity contribution in [2.24, 2.45) is 0 Å². The summed E-state index contributed by atoms with van der Waals surface area (Å²) in [6, 6.07) is 12.5. The Kier molecular flexibility index (Phi) is 3.93. The van der Waals surface area contributed by atoms with E-state index in [0.717, 1.165) is 33.1 Å². The number of hydrogen-bond acceptors (Lipinski definition) is 5. The van der Waals surface area contributed by atoms with E-state index in [9.17, 15) is 0 Å². The van der Waals surface area contributed by atoms with Crippen molar-refractivity contribution in [1.82, 2.24) is 15.0 Å². The molecule has 124 valence electrons. The molecule has 0 fully saturated rings. The Labute approximate surface area is 150 Å². The standard InChI is InChI=1S/C20H18N4S/c1-12-4-5-15(8-13(12)2)16-9-18-17(21-11-16)6-7-19(23-18)24-20-22-10-14(3)25-20/h4-11H,1-3H3,(H,22,23,24). The molecule has 5 heteroatoms. The van der Waals surface area contributed by atoms with Gasteiger partial charge >= 0.3 is 0 Å². The lowest BCUT2D eigenvalue weighted by Gasteiger charge is -2.07. The van der Waals surface area contributed by atoms with Crippen LogP contribution in [0.15, 0.2) is 48.8 Å². The molecule has 0 saturated heterocycles. The van der Waals surface area contributed by atoms with E-state index in [1.54, 1.807) is 11.3 Å². The number of hydrogen-bond donors (Lipinski definition) is 1. The molecular weight excluding hydrogens is 328 g/mol. The van der Waals surface area contributed by atoms with E-state index in [0.29, 0.717) is 0 Å². The zero-order valence-electron chi connectivity index (χ0n) is 14.4. The summed E-state index contributed by atoms with van der Waals surface area (Å²) < 4.78 is 0. The highest BCUT2D eigenvalue weighted by atomic mass is 32.1. The Morgan fingerprint density at radius 3 is 2.44 bits per heavy atom. The van der Waals surface area contributed by atoms with Crippen LogP contribution >= 0.6 is 11.3 Å². The molecule has 0 aliphatic carbocycles. The first-order valence-electron chi connectivity index (χ1n) is 8.12. The second-order valence-corrected chi connectivity index (χ2v) is 7.39. The predicted octanol–water partition coefficient (Wildman–Crippen LogP) is 5.42. The summed E-state index contributed by atoms with van der Waals surface area (Å²) in [5, 5.41) is 4.11. The molecule has 4 aromatic rings. The maximum Gasteiger partial charge on any atom is 0.188 e. The van der Waals surface area contributed by atoms with Crippen LogP contribution in [0.5, 0.6) is 0 Å². The van der Waals surface area contributed by atoms with Gasteiger partial charge in [0.2, 0.25) is 0 Å². The molecule has 0 saturated carbocycles. The molecule has 0 bridgehead atoms. The first-order valence-corrected chi connectivity index (χ1v) is 8.94. The Balaban J connectivity index is 1.72. The first kappa shape index (κ1) is 15.7. The highest BCUT2D eigenvalue weighted by Crippen LogP contribution is 2.26. The second kappa shape index (κ2) is 6.26. The highest BCUT2D eigenvalue weighted by molar-refractivity contribution is 7.15. The molecule has 4 rings (SSSR count). The van der Waals surface area contributed by atoms with E-state index in [4.69, 9.17) is 4.98 Å². The lowest BCUT2D eigenvalue weighted by atomic mass is 10.0. The van der Waals surface area contributed by atoms with Crippen LogP contribution in [-0.4, -0.2) is 15.0 Å². The topological polar surface area (TPSA) is 50.7 Å². The van der Waals surface area contributed by atoms with Crippen LogP contribution in [0.4, 0.5) is 10.9 Å². The third kappa shape index (κ3) is 3.23. The number of aryl methyl sites for hydroxylation is 3. The van der Waals surface area contributed by atoms with Gasteiger partial charge in [0.05, 0.1) is 11.0 Å². The van der Waals surface area contributed by atoms with Gasteiger partial charge in [0.1, 0.15) is 5.82 Å². The van der Waals surface area contributed by atoms with Crippen LogP contribution in [0.25, 0.3) is 22.2 Å². The maximum atomic E-state index is 4.70. The predicted molar refractivity (Wildman–Crippen MR) is 105 cm³/mol. The Morgan fingerprint density at radius 2 is 1.68 bits per heavy atom. The number of fused-ring (bicyclic) bond motifs is 1. The number of aromatic nitrogens is 3. The van der Waals surface area contributed by atoms with Gasteiger partial charge in [-0.3, -0.25) is 4.98 Å². The Bertz CT molecular complexity index is 1070. The monoisotopic (exact) mass is 346 g/mol. The molecule has 0 aliphatic heterocycles. The van der Waals surface area contributed by atoms with Gasteiger partial charge in [-0.25, -0.2) is 9.97 Å². The van der Waals surface area contributed by atoms with Crippen molar-refractivity contribution in [1.29, 1.82) is 0 Å². The summed E-state index contributed by atoms with van der Waals surface area (Å²) in [5.41, 5.74) is 6.56. The maximum absolute atomic E-state index is 4.70. The molecule has 4 nitrogen and oxygen atoms in total. The zero-order chi connectivity index (χ0) is 17.4. The number of nitrogens with one attached hydrogen (secondary N) is 1. The summed E-state index contributed by atoms with van der Waals surface area (Å²) in [6.07, 6.45) is 3.76. The van der Waals surface area contributed by atoms with Crippen LogP contribution in [-0.2, 0) is 0 Å². The summed E-state index contributed by atoms with van der Waals surface area (Å²) in [4.78, 5) is 14.8. The summed E-state index contributed by atoms with van der Waals surface area (Å²) >= 11 is 1.61. The fourth-order valence-corrected chi connectivity index (χ4v) is 3.35. The van der Waals surface area contributed by atoms with E-state index in [-0.39, 0.29) is 0 Å². The summed E-state index contributed by atoms with van der Waals surface area (Å²) in [5.74, 6) is 0.779. The fraction of sp³-hybridized carbons (Fsp3) is 0.150. The third-order valence-corrected chi connectivity index (χ3v) is 5.06. The van der Waals surface area contributed by atoms with Gasteiger partial charge in [0.25, 0.3) is 0 Å². The number of thiazole rings is 1. The normalized spacial score (nSPS) is 11.0.